The van der Waals surface area contributed by atoms with Crippen LogP contribution in [-0.2, 0) is 0 Å². The van der Waals surface area contributed by atoms with Crippen molar-refractivity contribution in [1.29, 1.82) is 0 Å². The monoisotopic (exact) mass is 264 g/mol. The Labute approximate surface area is 115 Å². The minimum Gasteiger partial charge on any atom is -0.319 e. The fourth-order valence-corrected chi connectivity index (χ4v) is 2.04. The van der Waals surface area contributed by atoms with Crippen LogP contribution in [0.4, 0.5) is 5.69 Å². The van der Waals surface area contributed by atoms with Gasteiger partial charge in [0.1, 0.15) is 5.69 Å². The highest BCUT2D eigenvalue weighted by atomic mass is 16.1. The van der Waals surface area contributed by atoms with Crippen LogP contribution in [0.3, 0.4) is 0 Å². The number of nitrogens with one attached hydrogen (secondary N) is 1. The molecule has 1 N–H and O–H groups in total. The van der Waals surface area contributed by atoms with Crippen molar-refractivity contribution < 1.29 is 4.79 Å². The van der Waals surface area contributed by atoms with E-state index in [2.05, 4.69) is 20.3 Å². The van der Waals surface area contributed by atoms with Crippen LogP contribution in [0.25, 0.3) is 10.9 Å². The van der Waals surface area contributed by atoms with Gasteiger partial charge in [0.25, 0.3) is 5.91 Å². The second-order valence-electron chi connectivity index (χ2n) is 4.43. The number of hydrogen-bond acceptors (Lipinski definition) is 4. The molecule has 0 saturated carbocycles. The van der Waals surface area contributed by atoms with Gasteiger partial charge in [-0.3, -0.25) is 14.8 Å². The van der Waals surface area contributed by atoms with E-state index < -0.39 is 0 Å². The minimum atomic E-state index is -0.296. The third-order valence-corrected chi connectivity index (χ3v) is 2.89. The first-order valence-electron chi connectivity index (χ1n) is 6.17. The molecule has 5 nitrogen and oxygen atoms in total. The third-order valence-electron chi connectivity index (χ3n) is 2.89. The molecule has 0 bridgehead atoms. The summed E-state index contributed by atoms with van der Waals surface area (Å²) in [5, 5.41) is 3.83. The zero-order valence-electron chi connectivity index (χ0n) is 10.9. The van der Waals surface area contributed by atoms with Gasteiger partial charge < -0.3 is 5.32 Å². The second kappa shape index (κ2) is 5.05. The van der Waals surface area contributed by atoms with Gasteiger partial charge >= 0.3 is 0 Å². The lowest BCUT2D eigenvalue weighted by molar-refractivity contribution is 0.102. The van der Waals surface area contributed by atoms with E-state index in [1.807, 2.05) is 31.2 Å². The molecule has 0 atom stereocenters. The number of carbonyl (C=O) groups excluding carboxylic acids is 1. The number of rotatable bonds is 2. The zero-order chi connectivity index (χ0) is 13.9. The maximum Gasteiger partial charge on any atom is 0.275 e. The maximum absolute atomic E-state index is 12.1. The SMILES string of the molecule is Cc1cc(NC(=O)c2cnccn2)c2ncccc2c1. The zero-order valence-corrected chi connectivity index (χ0v) is 10.9. The van der Waals surface area contributed by atoms with Crippen LogP contribution in [0.1, 0.15) is 16.1 Å². The molecule has 2 heterocycles. The Hall–Kier alpha value is -2.82. The summed E-state index contributed by atoms with van der Waals surface area (Å²) >= 11 is 0. The first-order valence-corrected chi connectivity index (χ1v) is 6.17. The molecule has 20 heavy (non-hydrogen) atoms. The lowest BCUT2D eigenvalue weighted by atomic mass is 10.1. The van der Waals surface area contributed by atoms with Crippen molar-refractivity contribution in [2.75, 3.05) is 5.32 Å². The number of anilines is 1. The normalized spacial score (nSPS) is 10.4. The quantitative estimate of drug-likeness (QED) is 0.772. The number of amides is 1. The van der Waals surface area contributed by atoms with Crippen LogP contribution in [-0.4, -0.2) is 20.9 Å². The Morgan fingerprint density at radius 3 is 2.85 bits per heavy atom. The molecule has 0 radical (unpaired) electrons. The van der Waals surface area contributed by atoms with Crippen LogP contribution < -0.4 is 5.32 Å². The summed E-state index contributed by atoms with van der Waals surface area (Å²) in [7, 11) is 0. The Balaban J connectivity index is 2.01. The molecule has 0 aliphatic rings. The van der Waals surface area contributed by atoms with Crippen LogP contribution >= 0.6 is 0 Å². The maximum atomic E-state index is 12.1. The number of aromatic nitrogens is 3. The molecule has 98 valence electrons. The van der Waals surface area contributed by atoms with Crippen molar-refractivity contribution >= 4 is 22.5 Å². The molecular formula is C15H12N4O. The Kier molecular flexibility index (Phi) is 3.09. The second-order valence-corrected chi connectivity index (χ2v) is 4.43. The van der Waals surface area contributed by atoms with E-state index in [0.717, 1.165) is 16.5 Å². The molecule has 3 rings (SSSR count). The number of nitrogens with zero attached hydrogens (tertiary/aromatic N) is 3. The first kappa shape index (κ1) is 12.2. The molecule has 0 aliphatic carbocycles. The van der Waals surface area contributed by atoms with E-state index in [1.54, 1.807) is 6.20 Å². The van der Waals surface area contributed by atoms with Gasteiger partial charge in [-0.15, -0.1) is 0 Å². The van der Waals surface area contributed by atoms with Gasteiger partial charge in [-0.2, -0.15) is 0 Å². The van der Waals surface area contributed by atoms with E-state index >= 15 is 0 Å². The Morgan fingerprint density at radius 1 is 1.15 bits per heavy atom. The highest BCUT2D eigenvalue weighted by Gasteiger charge is 2.10. The number of carbonyl (C=O) groups is 1. The summed E-state index contributed by atoms with van der Waals surface area (Å²) in [6, 6.07) is 7.76. The van der Waals surface area contributed by atoms with E-state index in [1.165, 1.54) is 18.6 Å². The molecule has 1 aromatic carbocycles. The molecule has 0 spiro atoms. The van der Waals surface area contributed by atoms with Crippen LogP contribution in [0.2, 0.25) is 0 Å². The Bertz CT molecular complexity index is 771. The van der Waals surface area contributed by atoms with Crippen LogP contribution in [0.5, 0.6) is 0 Å². The summed E-state index contributed by atoms with van der Waals surface area (Å²) < 4.78 is 0. The molecule has 1 amide bonds. The predicted molar refractivity (Wildman–Crippen MR) is 76.5 cm³/mol. The van der Waals surface area contributed by atoms with Gasteiger partial charge in [0.05, 0.1) is 17.4 Å². The lowest BCUT2D eigenvalue weighted by Gasteiger charge is -2.08. The highest BCUT2D eigenvalue weighted by molar-refractivity contribution is 6.07. The number of fused-ring (bicyclic) bond motifs is 1. The molecule has 5 heteroatoms. The van der Waals surface area contributed by atoms with Gasteiger partial charge in [0.2, 0.25) is 0 Å². The third kappa shape index (κ3) is 2.33. The fourth-order valence-electron chi connectivity index (χ4n) is 2.04. The minimum absolute atomic E-state index is 0.276. The van der Waals surface area contributed by atoms with Crippen LogP contribution in [0, 0.1) is 6.92 Å². The molecule has 3 aromatic rings. The summed E-state index contributed by atoms with van der Waals surface area (Å²) in [5.74, 6) is -0.296. The molecule has 0 aliphatic heterocycles. The van der Waals surface area contributed by atoms with Crippen molar-refractivity contribution in [3.8, 4) is 0 Å². The van der Waals surface area contributed by atoms with E-state index in [-0.39, 0.29) is 11.6 Å². The largest absolute Gasteiger partial charge is 0.319 e. The summed E-state index contributed by atoms with van der Waals surface area (Å²) in [5.41, 5.74) is 2.77. The topological polar surface area (TPSA) is 67.8 Å². The fraction of sp³-hybridized carbons (Fsp3) is 0.0667. The number of pyridine rings is 1. The number of hydrogen-bond donors (Lipinski definition) is 1. The summed E-state index contributed by atoms with van der Waals surface area (Å²) in [6.07, 6.45) is 6.15. The van der Waals surface area contributed by atoms with Crippen molar-refractivity contribution in [2.24, 2.45) is 0 Å². The average molecular weight is 264 g/mol. The van der Waals surface area contributed by atoms with E-state index in [4.69, 9.17) is 0 Å². The van der Waals surface area contributed by atoms with Gasteiger partial charge in [0.15, 0.2) is 0 Å². The number of aryl methyl sites for hydroxylation is 1. The van der Waals surface area contributed by atoms with Gasteiger partial charge in [-0.05, 0) is 30.7 Å². The lowest BCUT2D eigenvalue weighted by Crippen LogP contribution is -2.14. The standard InChI is InChI=1S/C15H12N4O/c1-10-7-11-3-2-4-18-14(11)12(8-10)19-15(20)13-9-16-5-6-17-13/h2-9H,1H3,(H,19,20). The predicted octanol–water partition coefficient (Wildman–Crippen LogP) is 2.59. The molecule has 0 unspecified atom stereocenters. The molecule has 2 aromatic heterocycles. The van der Waals surface area contributed by atoms with Crippen molar-refractivity contribution in [3.05, 3.63) is 60.3 Å². The smallest absolute Gasteiger partial charge is 0.275 e. The van der Waals surface area contributed by atoms with Gasteiger partial charge in [-0.25, -0.2) is 4.98 Å². The van der Waals surface area contributed by atoms with E-state index in [9.17, 15) is 4.79 Å². The van der Waals surface area contributed by atoms with Gasteiger partial charge in [0, 0.05) is 24.0 Å². The number of benzene rings is 1. The average Bonchev–Trinajstić information content (AvgIpc) is 2.48. The Morgan fingerprint density at radius 2 is 2.05 bits per heavy atom. The van der Waals surface area contributed by atoms with Crippen molar-refractivity contribution in [3.63, 3.8) is 0 Å². The van der Waals surface area contributed by atoms with Crippen molar-refractivity contribution in [1.82, 2.24) is 15.0 Å². The molecule has 0 fully saturated rings. The van der Waals surface area contributed by atoms with E-state index in [0.29, 0.717) is 5.69 Å². The molecule has 0 saturated heterocycles. The van der Waals surface area contributed by atoms with Crippen LogP contribution in [0.15, 0.2) is 49.1 Å². The summed E-state index contributed by atoms with van der Waals surface area (Å²) in [4.78, 5) is 24.3. The first-order chi connectivity index (χ1) is 9.74. The summed E-state index contributed by atoms with van der Waals surface area (Å²) in [6.45, 7) is 1.98. The molecular weight excluding hydrogens is 252 g/mol. The van der Waals surface area contributed by atoms with Gasteiger partial charge in [-0.1, -0.05) is 6.07 Å². The van der Waals surface area contributed by atoms with Crippen molar-refractivity contribution in [2.45, 2.75) is 6.92 Å². The highest BCUT2D eigenvalue weighted by Crippen LogP contribution is 2.23.